The van der Waals surface area contributed by atoms with Crippen LogP contribution in [0.2, 0.25) is 0 Å². The number of piperidine rings is 1. The molecule has 1 amide bonds. The Morgan fingerprint density at radius 1 is 1.16 bits per heavy atom. The van der Waals surface area contributed by atoms with Crippen LogP contribution in [0.3, 0.4) is 0 Å². The van der Waals surface area contributed by atoms with Gasteiger partial charge in [0, 0.05) is 38.3 Å². The summed E-state index contributed by atoms with van der Waals surface area (Å²) in [5.74, 6) is 1.07. The third-order valence-electron chi connectivity index (χ3n) is 5.46. The lowest BCUT2D eigenvalue weighted by molar-refractivity contribution is -0.132. The van der Waals surface area contributed by atoms with Crippen LogP contribution >= 0.6 is 24.8 Å². The number of para-hydroxylation sites is 1. The lowest BCUT2D eigenvalue weighted by Crippen LogP contribution is -2.45. The van der Waals surface area contributed by atoms with E-state index < -0.39 is 0 Å². The average Bonchev–Trinajstić information content (AvgIpc) is 3.13. The molecule has 0 radical (unpaired) electrons. The third-order valence-corrected chi connectivity index (χ3v) is 5.46. The van der Waals surface area contributed by atoms with Gasteiger partial charge >= 0.3 is 0 Å². The maximum Gasteiger partial charge on any atom is 0.222 e. The maximum atomic E-state index is 12.4. The van der Waals surface area contributed by atoms with Crippen LogP contribution in [0.15, 0.2) is 30.3 Å². The molecule has 2 aliphatic rings. The van der Waals surface area contributed by atoms with Gasteiger partial charge in [-0.15, -0.1) is 24.8 Å². The topological polar surface area (TPSA) is 35.6 Å². The summed E-state index contributed by atoms with van der Waals surface area (Å²) in [4.78, 5) is 16.8. The molecule has 0 aromatic heterocycles. The molecule has 0 bridgehead atoms. The van der Waals surface area contributed by atoms with Crippen molar-refractivity contribution >= 4 is 36.4 Å². The first-order valence-corrected chi connectivity index (χ1v) is 9.00. The largest absolute Gasteiger partial charge is 0.371 e. The Labute approximate surface area is 164 Å². The number of anilines is 1. The van der Waals surface area contributed by atoms with E-state index in [4.69, 9.17) is 0 Å². The van der Waals surface area contributed by atoms with E-state index >= 15 is 0 Å². The Kier molecular flexibility index (Phi) is 9.62. The van der Waals surface area contributed by atoms with Crippen molar-refractivity contribution in [3.63, 3.8) is 0 Å². The number of nitrogens with one attached hydrogen (secondary N) is 1. The highest BCUT2D eigenvalue weighted by Crippen LogP contribution is 2.23. The van der Waals surface area contributed by atoms with Gasteiger partial charge in [0.15, 0.2) is 0 Å². The molecular formula is C19H31Cl2N3O. The van der Waals surface area contributed by atoms with Crippen LogP contribution in [0, 0.1) is 5.92 Å². The number of rotatable bonds is 5. The van der Waals surface area contributed by atoms with Gasteiger partial charge in [-0.1, -0.05) is 18.2 Å². The van der Waals surface area contributed by atoms with E-state index in [0.717, 1.165) is 51.9 Å². The van der Waals surface area contributed by atoms with E-state index in [1.807, 2.05) is 0 Å². The van der Waals surface area contributed by atoms with Crippen molar-refractivity contribution in [2.45, 2.75) is 38.1 Å². The second-order valence-electron chi connectivity index (χ2n) is 6.96. The summed E-state index contributed by atoms with van der Waals surface area (Å²) >= 11 is 0. The zero-order valence-electron chi connectivity index (χ0n) is 15.0. The molecule has 0 spiro atoms. The van der Waals surface area contributed by atoms with Crippen LogP contribution in [-0.2, 0) is 4.79 Å². The van der Waals surface area contributed by atoms with Crippen LogP contribution < -0.4 is 10.2 Å². The first-order valence-electron chi connectivity index (χ1n) is 9.00. The molecule has 1 aromatic rings. The zero-order valence-corrected chi connectivity index (χ0v) is 16.7. The number of likely N-dealkylation sites (tertiary alicyclic amines) is 1. The standard InChI is InChI=1S/C19H29N3O.2ClH/c1-21(17-5-3-2-4-6-17)18-10-13-22(14-11-18)19(23)8-7-16-9-12-20-15-16;;/h2-6,16,18,20H,7-15H2,1H3;2*1H. The van der Waals surface area contributed by atoms with Gasteiger partial charge in [0.2, 0.25) is 5.91 Å². The van der Waals surface area contributed by atoms with Gasteiger partial charge in [-0.2, -0.15) is 0 Å². The van der Waals surface area contributed by atoms with Gasteiger partial charge in [-0.3, -0.25) is 4.79 Å². The molecule has 2 fully saturated rings. The summed E-state index contributed by atoms with van der Waals surface area (Å²) in [6, 6.07) is 11.1. The van der Waals surface area contributed by atoms with Crippen LogP contribution in [-0.4, -0.2) is 50.1 Å². The molecule has 1 unspecified atom stereocenters. The zero-order chi connectivity index (χ0) is 16.1. The Balaban J connectivity index is 0.00000156. The average molecular weight is 388 g/mol. The van der Waals surface area contributed by atoms with E-state index in [1.165, 1.54) is 12.1 Å². The predicted molar refractivity (Wildman–Crippen MR) is 109 cm³/mol. The molecule has 25 heavy (non-hydrogen) atoms. The second-order valence-corrected chi connectivity index (χ2v) is 6.96. The molecule has 1 N–H and O–H groups in total. The molecule has 2 aliphatic heterocycles. The molecule has 1 atom stereocenters. The van der Waals surface area contributed by atoms with Crippen LogP contribution in [0.25, 0.3) is 0 Å². The monoisotopic (exact) mass is 387 g/mol. The highest BCUT2D eigenvalue weighted by Gasteiger charge is 2.26. The fourth-order valence-electron chi connectivity index (χ4n) is 3.82. The molecule has 0 saturated carbocycles. The van der Waals surface area contributed by atoms with E-state index in [1.54, 1.807) is 0 Å². The molecule has 6 heteroatoms. The summed E-state index contributed by atoms with van der Waals surface area (Å²) in [5.41, 5.74) is 1.27. The number of hydrogen-bond donors (Lipinski definition) is 1. The quantitative estimate of drug-likeness (QED) is 0.841. The number of carbonyl (C=O) groups excluding carboxylic acids is 1. The second kappa shape index (κ2) is 10.9. The maximum absolute atomic E-state index is 12.4. The van der Waals surface area contributed by atoms with Gasteiger partial charge in [-0.25, -0.2) is 0 Å². The minimum atomic E-state index is 0. The SMILES string of the molecule is CN(c1ccccc1)C1CCN(C(=O)CCC2CCNC2)CC1.Cl.Cl. The molecule has 2 heterocycles. The van der Waals surface area contributed by atoms with Crippen LogP contribution in [0.5, 0.6) is 0 Å². The number of carbonyl (C=O) groups is 1. The number of benzene rings is 1. The molecule has 142 valence electrons. The number of nitrogens with zero attached hydrogens (tertiary/aromatic N) is 2. The number of halogens is 2. The van der Waals surface area contributed by atoms with E-state index in [2.05, 4.69) is 52.5 Å². The van der Waals surface area contributed by atoms with Crippen molar-refractivity contribution in [1.82, 2.24) is 10.2 Å². The minimum Gasteiger partial charge on any atom is -0.371 e. The van der Waals surface area contributed by atoms with Gasteiger partial charge in [0.05, 0.1) is 0 Å². The molecule has 4 nitrogen and oxygen atoms in total. The van der Waals surface area contributed by atoms with Crippen LogP contribution in [0.4, 0.5) is 5.69 Å². The molecule has 0 aliphatic carbocycles. The highest BCUT2D eigenvalue weighted by molar-refractivity contribution is 5.85. The minimum absolute atomic E-state index is 0. The van der Waals surface area contributed by atoms with Crippen LogP contribution in [0.1, 0.15) is 32.1 Å². The van der Waals surface area contributed by atoms with Crippen molar-refractivity contribution in [3.05, 3.63) is 30.3 Å². The first-order chi connectivity index (χ1) is 11.2. The summed E-state index contributed by atoms with van der Waals surface area (Å²) in [6.07, 6.45) is 5.16. The molecule has 3 rings (SSSR count). The van der Waals surface area contributed by atoms with Crippen molar-refractivity contribution in [1.29, 1.82) is 0 Å². The third kappa shape index (κ3) is 6.05. The van der Waals surface area contributed by atoms with E-state index in [0.29, 0.717) is 17.9 Å². The van der Waals surface area contributed by atoms with Crippen molar-refractivity contribution in [3.8, 4) is 0 Å². The summed E-state index contributed by atoms with van der Waals surface area (Å²) in [5, 5.41) is 3.38. The number of hydrogen-bond acceptors (Lipinski definition) is 3. The summed E-state index contributed by atoms with van der Waals surface area (Å²) in [7, 11) is 2.17. The molecule has 2 saturated heterocycles. The normalized spacial score (nSPS) is 20.5. The smallest absolute Gasteiger partial charge is 0.222 e. The summed E-state index contributed by atoms with van der Waals surface area (Å²) < 4.78 is 0. The van der Waals surface area contributed by atoms with Crippen molar-refractivity contribution in [2.24, 2.45) is 5.92 Å². The Morgan fingerprint density at radius 2 is 1.84 bits per heavy atom. The Morgan fingerprint density at radius 3 is 2.44 bits per heavy atom. The van der Waals surface area contributed by atoms with Gasteiger partial charge in [0.25, 0.3) is 0 Å². The highest BCUT2D eigenvalue weighted by atomic mass is 35.5. The predicted octanol–water partition coefficient (Wildman–Crippen LogP) is 3.35. The Hall–Kier alpha value is -0.970. The number of amides is 1. The first kappa shape index (κ1) is 22.1. The summed E-state index contributed by atoms with van der Waals surface area (Å²) in [6.45, 7) is 4.03. The van der Waals surface area contributed by atoms with E-state index in [9.17, 15) is 4.79 Å². The van der Waals surface area contributed by atoms with Crippen molar-refractivity contribution in [2.75, 3.05) is 38.1 Å². The van der Waals surface area contributed by atoms with Gasteiger partial charge < -0.3 is 15.1 Å². The van der Waals surface area contributed by atoms with Gasteiger partial charge in [0.1, 0.15) is 0 Å². The Bertz CT molecular complexity index is 501. The fraction of sp³-hybridized carbons (Fsp3) is 0.632. The fourth-order valence-corrected chi connectivity index (χ4v) is 3.82. The van der Waals surface area contributed by atoms with Crippen molar-refractivity contribution < 1.29 is 4.79 Å². The molecule has 1 aromatic carbocycles. The lowest BCUT2D eigenvalue weighted by Gasteiger charge is -2.38. The van der Waals surface area contributed by atoms with E-state index in [-0.39, 0.29) is 24.8 Å². The van der Waals surface area contributed by atoms with Gasteiger partial charge in [-0.05, 0) is 56.8 Å². The molecular weight excluding hydrogens is 357 g/mol. The lowest BCUT2D eigenvalue weighted by atomic mass is 10.00.